The number of carbonyl (C=O) groups excluding carboxylic acids is 1. The van der Waals surface area contributed by atoms with Gasteiger partial charge in [0.1, 0.15) is 0 Å². The number of hydrogen-bond acceptors (Lipinski definition) is 3. The molecule has 0 aliphatic carbocycles. The van der Waals surface area contributed by atoms with Crippen LogP contribution in [0, 0.1) is 11.8 Å². The zero-order valence-electron chi connectivity index (χ0n) is 11.8. The van der Waals surface area contributed by atoms with E-state index in [0.29, 0.717) is 19.5 Å². The normalized spacial score (nSPS) is 24.2. The van der Waals surface area contributed by atoms with Gasteiger partial charge in [0.2, 0.25) is 5.91 Å². The first-order valence-electron chi connectivity index (χ1n) is 6.90. The van der Waals surface area contributed by atoms with Crippen molar-refractivity contribution in [2.24, 2.45) is 11.8 Å². The average Bonchev–Trinajstić information content (AvgIpc) is 2.46. The van der Waals surface area contributed by atoms with Gasteiger partial charge in [-0.05, 0) is 30.9 Å². The Hall–Kier alpha value is -1.91. The molecular weight excluding hydrogens is 256 g/mol. The Kier molecular flexibility index (Phi) is 4.37. The summed E-state index contributed by atoms with van der Waals surface area (Å²) in [4.78, 5) is 29.4. The molecule has 0 bridgehead atoms. The molecule has 1 fully saturated rings. The molecule has 1 aliphatic rings. The van der Waals surface area contributed by atoms with E-state index in [1.807, 2.05) is 19.9 Å². The van der Waals surface area contributed by atoms with Crippen LogP contribution in [-0.4, -0.2) is 40.0 Å². The number of carboxylic acid groups (broad SMARTS) is 1. The van der Waals surface area contributed by atoms with Crippen LogP contribution in [-0.2, 0) is 9.59 Å². The molecule has 0 aromatic carbocycles. The molecule has 1 amide bonds. The van der Waals surface area contributed by atoms with Gasteiger partial charge in [0.25, 0.3) is 0 Å². The van der Waals surface area contributed by atoms with E-state index in [0.717, 1.165) is 5.56 Å². The Morgan fingerprint density at radius 3 is 2.80 bits per heavy atom. The highest BCUT2D eigenvalue weighted by Crippen LogP contribution is 2.25. The summed E-state index contributed by atoms with van der Waals surface area (Å²) in [6, 6.07) is 3.68. The van der Waals surface area contributed by atoms with Gasteiger partial charge < -0.3 is 10.0 Å². The number of carbonyl (C=O) groups is 2. The molecule has 5 nitrogen and oxygen atoms in total. The fourth-order valence-electron chi connectivity index (χ4n) is 2.76. The van der Waals surface area contributed by atoms with Crippen LogP contribution in [0.25, 0.3) is 0 Å². The first-order chi connectivity index (χ1) is 9.49. The van der Waals surface area contributed by atoms with Crippen molar-refractivity contribution in [2.75, 3.05) is 13.1 Å². The molecule has 2 heterocycles. The van der Waals surface area contributed by atoms with Gasteiger partial charge in [0.05, 0.1) is 11.8 Å². The van der Waals surface area contributed by atoms with Gasteiger partial charge in [0, 0.05) is 25.5 Å². The van der Waals surface area contributed by atoms with Crippen LogP contribution < -0.4 is 0 Å². The predicted molar refractivity (Wildman–Crippen MR) is 74.1 cm³/mol. The van der Waals surface area contributed by atoms with Crippen molar-refractivity contribution in [3.05, 3.63) is 30.1 Å². The molecule has 0 spiro atoms. The molecule has 1 N–H and O–H groups in total. The minimum atomic E-state index is -0.816. The third kappa shape index (κ3) is 3.15. The van der Waals surface area contributed by atoms with Gasteiger partial charge in [-0.25, -0.2) is 0 Å². The molecule has 2 rings (SSSR count). The number of pyridine rings is 1. The van der Waals surface area contributed by atoms with Crippen LogP contribution in [0.15, 0.2) is 24.5 Å². The highest BCUT2D eigenvalue weighted by molar-refractivity contribution is 5.84. The van der Waals surface area contributed by atoms with Crippen molar-refractivity contribution < 1.29 is 14.7 Å². The number of carboxylic acids is 1. The van der Waals surface area contributed by atoms with E-state index in [1.165, 1.54) is 0 Å². The maximum atomic E-state index is 12.5. The van der Waals surface area contributed by atoms with E-state index in [9.17, 15) is 9.59 Å². The summed E-state index contributed by atoms with van der Waals surface area (Å²) < 4.78 is 0. The lowest BCUT2D eigenvalue weighted by molar-refractivity contribution is -0.147. The maximum Gasteiger partial charge on any atom is 0.308 e. The number of likely N-dealkylation sites (tertiary alicyclic amines) is 1. The lowest BCUT2D eigenvalue weighted by atomic mass is 9.89. The molecule has 0 saturated carbocycles. The molecule has 0 radical (unpaired) electrons. The first kappa shape index (κ1) is 14.5. The molecule has 20 heavy (non-hydrogen) atoms. The zero-order chi connectivity index (χ0) is 14.7. The smallest absolute Gasteiger partial charge is 0.308 e. The van der Waals surface area contributed by atoms with Crippen LogP contribution in [0.3, 0.4) is 0 Å². The van der Waals surface area contributed by atoms with Gasteiger partial charge in [-0.15, -0.1) is 0 Å². The quantitative estimate of drug-likeness (QED) is 0.913. The summed E-state index contributed by atoms with van der Waals surface area (Å²) in [5.74, 6) is -1.36. The van der Waals surface area contributed by atoms with Crippen LogP contribution >= 0.6 is 0 Å². The van der Waals surface area contributed by atoms with E-state index in [2.05, 4.69) is 4.98 Å². The molecule has 1 aromatic heterocycles. The number of aliphatic carboxylic acids is 1. The minimum absolute atomic E-state index is 0.0178. The van der Waals surface area contributed by atoms with E-state index in [-0.39, 0.29) is 17.7 Å². The van der Waals surface area contributed by atoms with Gasteiger partial charge in [-0.1, -0.05) is 13.0 Å². The monoisotopic (exact) mass is 276 g/mol. The molecule has 1 aromatic rings. The second kappa shape index (κ2) is 6.03. The Bertz CT molecular complexity index is 489. The molecule has 108 valence electrons. The zero-order valence-corrected chi connectivity index (χ0v) is 11.8. The molecular formula is C15H20N2O3. The van der Waals surface area contributed by atoms with Gasteiger partial charge in [0.15, 0.2) is 0 Å². The standard InChI is InChI=1S/C15H20N2O3/c1-10-6-13(15(19)20)9-17(8-10)14(18)11(2)12-4-3-5-16-7-12/h3-5,7,10-11,13H,6,8-9H2,1-2H3,(H,19,20). The van der Waals surface area contributed by atoms with Gasteiger partial charge in [-0.2, -0.15) is 0 Å². The highest BCUT2D eigenvalue weighted by Gasteiger charge is 2.33. The summed E-state index contributed by atoms with van der Waals surface area (Å²) in [6.45, 7) is 4.77. The van der Waals surface area contributed by atoms with Gasteiger partial charge >= 0.3 is 5.97 Å². The van der Waals surface area contributed by atoms with E-state index < -0.39 is 11.9 Å². The second-order valence-electron chi connectivity index (χ2n) is 5.63. The third-order valence-electron chi connectivity index (χ3n) is 3.88. The Labute approximate surface area is 118 Å². The summed E-state index contributed by atoms with van der Waals surface area (Å²) in [5.41, 5.74) is 0.864. The fraction of sp³-hybridized carbons (Fsp3) is 0.533. The van der Waals surface area contributed by atoms with Crippen molar-refractivity contribution in [3.63, 3.8) is 0 Å². The number of aromatic nitrogens is 1. The number of nitrogens with zero attached hydrogens (tertiary/aromatic N) is 2. The average molecular weight is 276 g/mol. The molecule has 3 unspecified atom stereocenters. The first-order valence-corrected chi connectivity index (χ1v) is 6.90. The van der Waals surface area contributed by atoms with Gasteiger partial charge in [-0.3, -0.25) is 14.6 Å². The van der Waals surface area contributed by atoms with E-state index in [1.54, 1.807) is 23.4 Å². The highest BCUT2D eigenvalue weighted by atomic mass is 16.4. The van der Waals surface area contributed by atoms with Crippen LogP contribution in [0.4, 0.5) is 0 Å². The van der Waals surface area contributed by atoms with Crippen LogP contribution in [0.5, 0.6) is 0 Å². The number of piperidine rings is 1. The van der Waals surface area contributed by atoms with Crippen molar-refractivity contribution >= 4 is 11.9 Å². The Morgan fingerprint density at radius 2 is 2.20 bits per heavy atom. The topological polar surface area (TPSA) is 70.5 Å². The summed E-state index contributed by atoms with van der Waals surface area (Å²) in [5, 5.41) is 9.16. The van der Waals surface area contributed by atoms with Crippen LogP contribution in [0.1, 0.15) is 31.7 Å². The lowest BCUT2D eigenvalue weighted by Gasteiger charge is -2.36. The number of rotatable bonds is 3. The number of amides is 1. The van der Waals surface area contributed by atoms with Crippen LogP contribution in [0.2, 0.25) is 0 Å². The van der Waals surface area contributed by atoms with E-state index >= 15 is 0 Å². The Morgan fingerprint density at radius 1 is 1.45 bits per heavy atom. The van der Waals surface area contributed by atoms with Crippen molar-refractivity contribution in [3.8, 4) is 0 Å². The fourth-order valence-corrected chi connectivity index (χ4v) is 2.76. The van der Waals surface area contributed by atoms with Crippen molar-refractivity contribution in [1.29, 1.82) is 0 Å². The SMILES string of the molecule is CC1CC(C(=O)O)CN(C(=O)C(C)c2cccnc2)C1. The molecule has 3 atom stereocenters. The summed E-state index contributed by atoms with van der Waals surface area (Å²) >= 11 is 0. The lowest BCUT2D eigenvalue weighted by Crippen LogP contribution is -2.46. The number of hydrogen-bond donors (Lipinski definition) is 1. The van der Waals surface area contributed by atoms with Crippen molar-refractivity contribution in [2.45, 2.75) is 26.2 Å². The van der Waals surface area contributed by atoms with Crippen molar-refractivity contribution in [1.82, 2.24) is 9.88 Å². The predicted octanol–water partition coefficient (Wildman–Crippen LogP) is 1.75. The largest absolute Gasteiger partial charge is 0.481 e. The summed E-state index contributed by atoms with van der Waals surface area (Å²) in [6.07, 6.45) is 4.00. The minimum Gasteiger partial charge on any atom is -0.481 e. The molecule has 5 heteroatoms. The van der Waals surface area contributed by atoms with E-state index in [4.69, 9.17) is 5.11 Å². The molecule has 1 aliphatic heterocycles. The third-order valence-corrected chi connectivity index (χ3v) is 3.88. The maximum absolute atomic E-state index is 12.5. The second-order valence-corrected chi connectivity index (χ2v) is 5.63. The Balaban J connectivity index is 2.10. The molecule has 1 saturated heterocycles. The summed E-state index contributed by atoms with van der Waals surface area (Å²) in [7, 11) is 0.